The van der Waals surface area contributed by atoms with Crippen molar-refractivity contribution in [2.24, 2.45) is 5.73 Å². The molecular weight excluding hydrogens is 300 g/mol. The van der Waals surface area contributed by atoms with Gasteiger partial charge in [-0.3, -0.25) is 4.79 Å². The molecule has 3 nitrogen and oxygen atoms in total. The van der Waals surface area contributed by atoms with E-state index < -0.39 is 0 Å². The Morgan fingerprint density at radius 1 is 1.60 bits per heavy atom. The lowest BCUT2D eigenvalue weighted by molar-refractivity contribution is -0.115. The summed E-state index contributed by atoms with van der Waals surface area (Å²) in [4.78, 5) is 11.5. The quantitative estimate of drug-likeness (QED) is 0.844. The highest BCUT2D eigenvalue weighted by molar-refractivity contribution is 9.10. The van der Waals surface area contributed by atoms with Crippen LogP contribution in [0.5, 0.6) is 0 Å². The van der Waals surface area contributed by atoms with Gasteiger partial charge in [0.05, 0.1) is 22.1 Å². The fourth-order valence-electron chi connectivity index (χ4n) is 0.943. The highest BCUT2D eigenvalue weighted by atomic mass is 79.9. The zero-order valence-corrected chi connectivity index (χ0v) is 10.7. The number of carbonyl (C=O) groups is 1. The SMILES string of the molecule is NC(=S)CC(=O)Nc1ccc(Br)cc1Cl. The van der Waals surface area contributed by atoms with E-state index in [-0.39, 0.29) is 17.3 Å². The Bertz CT molecular complexity index is 411. The van der Waals surface area contributed by atoms with Crippen LogP contribution in [0.3, 0.4) is 0 Å². The number of anilines is 1. The van der Waals surface area contributed by atoms with E-state index in [1.807, 2.05) is 0 Å². The van der Waals surface area contributed by atoms with Crippen molar-refractivity contribution in [3.63, 3.8) is 0 Å². The van der Waals surface area contributed by atoms with Crippen molar-refractivity contribution in [3.8, 4) is 0 Å². The largest absolute Gasteiger partial charge is 0.393 e. The van der Waals surface area contributed by atoms with E-state index in [2.05, 4.69) is 33.5 Å². The van der Waals surface area contributed by atoms with Crippen molar-refractivity contribution < 1.29 is 4.79 Å². The number of amides is 1. The topological polar surface area (TPSA) is 55.1 Å². The van der Waals surface area contributed by atoms with Crippen molar-refractivity contribution in [1.29, 1.82) is 0 Å². The van der Waals surface area contributed by atoms with Crippen LogP contribution in [0.25, 0.3) is 0 Å². The van der Waals surface area contributed by atoms with Crippen LogP contribution in [-0.2, 0) is 4.79 Å². The molecule has 0 bridgehead atoms. The van der Waals surface area contributed by atoms with Gasteiger partial charge < -0.3 is 11.1 Å². The van der Waals surface area contributed by atoms with Gasteiger partial charge in [0.15, 0.2) is 0 Å². The molecule has 6 heteroatoms. The minimum atomic E-state index is -0.272. The number of benzene rings is 1. The summed E-state index contributed by atoms with van der Waals surface area (Å²) in [6.45, 7) is 0. The number of hydrogen-bond acceptors (Lipinski definition) is 2. The molecule has 15 heavy (non-hydrogen) atoms. The van der Waals surface area contributed by atoms with Gasteiger partial charge in [0.25, 0.3) is 0 Å². The average molecular weight is 308 g/mol. The van der Waals surface area contributed by atoms with Crippen molar-refractivity contribution in [2.45, 2.75) is 6.42 Å². The third-order valence-corrected chi connectivity index (χ3v) is 2.49. The third kappa shape index (κ3) is 4.15. The van der Waals surface area contributed by atoms with Gasteiger partial charge in [-0.25, -0.2) is 0 Å². The van der Waals surface area contributed by atoms with Crippen LogP contribution in [0, 0.1) is 0 Å². The van der Waals surface area contributed by atoms with E-state index in [9.17, 15) is 4.79 Å². The van der Waals surface area contributed by atoms with Crippen LogP contribution in [-0.4, -0.2) is 10.9 Å². The number of halogens is 2. The van der Waals surface area contributed by atoms with E-state index in [4.69, 9.17) is 17.3 Å². The molecule has 0 atom stereocenters. The summed E-state index contributed by atoms with van der Waals surface area (Å²) in [5.41, 5.74) is 5.78. The zero-order valence-electron chi connectivity index (χ0n) is 7.59. The summed E-state index contributed by atoms with van der Waals surface area (Å²) < 4.78 is 0.847. The molecule has 0 spiro atoms. The molecular formula is C9H8BrClN2OS. The molecule has 80 valence electrons. The maximum Gasteiger partial charge on any atom is 0.231 e. The molecule has 0 saturated heterocycles. The van der Waals surface area contributed by atoms with E-state index in [1.165, 1.54) is 0 Å². The summed E-state index contributed by atoms with van der Waals surface area (Å²) in [6.07, 6.45) is 0.0156. The molecule has 0 aromatic heterocycles. The van der Waals surface area contributed by atoms with Crippen LogP contribution in [0.2, 0.25) is 5.02 Å². The maximum absolute atomic E-state index is 11.3. The van der Waals surface area contributed by atoms with E-state index in [0.717, 1.165) is 4.47 Å². The predicted octanol–water partition coefficient (Wildman–Crippen LogP) is 2.72. The van der Waals surface area contributed by atoms with Gasteiger partial charge in [-0.2, -0.15) is 0 Å². The van der Waals surface area contributed by atoms with Gasteiger partial charge in [-0.15, -0.1) is 0 Å². The third-order valence-electron chi connectivity index (χ3n) is 1.54. The van der Waals surface area contributed by atoms with Crippen molar-refractivity contribution in [2.75, 3.05) is 5.32 Å². The van der Waals surface area contributed by atoms with Crippen LogP contribution in [0.4, 0.5) is 5.69 Å². The van der Waals surface area contributed by atoms with Crippen LogP contribution < -0.4 is 11.1 Å². The van der Waals surface area contributed by atoms with Crippen molar-refractivity contribution >= 4 is 56.3 Å². The van der Waals surface area contributed by atoms with Gasteiger partial charge in [-0.05, 0) is 18.2 Å². The monoisotopic (exact) mass is 306 g/mol. The summed E-state index contributed by atoms with van der Waals surface area (Å²) in [5, 5.41) is 3.07. The summed E-state index contributed by atoms with van der Waals surface area (Å²) in [6, 6.07) is 5.17. The number of hydrogen-bond donors (Lipinski definition) is 2. The average Bonchev–Trinajstić information content (AvgIpc) is 2.08. The fourth-order valence-corrected chi connectivity index (χ4v) is 1.80. The first-order valence-corrected chi connectivity index (χ1v) is 5.60. The lowest BCUT2D eigenvalue weighted by atomic mass is 10.3. The van der Waals surface area contributed by atoms with Crippen LogP contribution in [0.1, 0.15) is 6.42 Å². The van der Waals surface area contributed by atoms with E-state index in [1.54, 1.807) is 18.2 Å². The molecule has 1 aromatic carbocycles. The standard InChI is InChI=1S/C9H8BrClN2OS/c10-5-1-2-7(6(11)3-5)13-9(14)4-8(12)15/h1-3H,4H2,(H2,12,15)(H,13,14). The summed E-state index contributed by atoms with van der Waals surface area (Å²) >= 11 is 13.8. The maximum atomic E-state index is 11.3. The van der Waals surface area contributed by atoms with Crippen molar-refractivity contribution in [3.05, 3.63) is 27.7 Å². The first-order chi connectivity index (χ1) is 6.99. The number of thiocarbonyl (C=S) groups is 1. The molecule has 0 unspecified atom stereocenters. The molecule has 0 aliphatic rings. The predicted molar refractivity (Wildman–Crippen MR) is 69.2 cm³/mol. The fraction of sp³-hybridized carbons (Fsp3) is 0.111. The molecule has 1 aromatic rings. The smallest absolute Gasteiger partial charge is 0.231 e. The van der Waals surface area contributed by atoms with E-state index in [0.29, 0.717) is 10.7 Å². The first-order valence-electron chi connectivity index (χ1n) is 4.02. The number of nitrogens with one attached hydrogen (secondary N) is 1. The Morgan fingerprint density at radius 3 is 2.80 bits per heavy atom. The van der Waals surface area contributed by atoms with Crippen LogP contribution in [0.15, 0.2) is 22.7 Å². The normalized spacial score (nSPS) is 9.73. The molecule has 1 rings (SSSR count). The Hall–Kier alpha value is -0.650. The molecule has 0 fully saturated rings. The number of nitrogens with two attached hydrogens (primary N) is 1. The number of carbonyl (C=O) groups excluding carboxylic acids is 1. The van der Waals surface area contributed by atoms with Gasteiger partial charge in [0.1, 0.15) is 0 Å². The first kappa shape index (κ1) is 12.4. The molecule has 1 amide bonds. The molecule has 0 aliphatic carbocycles. The minimum Gasteiger partial charge on any atom is -0.393 e. The highest BCUT2D eigenvalue weighted by Gasteiger charge is 2.06. The minimum absolute atomic E-state index is 0.0156. The zero-order chi connectivity index (χ0) is 11.4. The van der Waals surface area contributed by atoms with Gasteiger partial charge in [0.2, 0.25) is 5.91 Å². The highest BCUT2D eigenvalue weighted by Crippen LogP contribution is 2.25. The van der Waals surface area contributed by atoms with Gasteiger partial charge >= 0.3 is 0 Å². The molecule has 0 aliphatic heterocycles. The second-order valence-electron chi connectivity index (χ2n) is 2.82. The Labute approximate surface area is 106 Å². The van der Waals surface area contributed by atoms with Crippen molar-refractivity contribution in [1.82, 2.24) is 0 Å². The molecule has 0 radical (unpaired) electrons. The van der Waals surface area contributed by atoms with Gasteiger partial charge in [0, 0.05) is 4.47 Å². The van der Waals surface area contributed by atoms with Gasteiger partial charge in [-0.1, -0.05) is 39.7 Å². The van der Waals surface area contributed by atoms with E-state index >= 15 is 0 Å². The summed E-state index contributed by atoms with van der Waals surface area (Å²) in [7, 11) is 0. The molecule has 3 N–H and O–H groups in total. The Kier molecular flexibility index (Phi) is 4.50. The Morgan fingerprint density at radius 2 is 2.27 bits per heavy atom. The lowest BCUT2D eigenvalue weighted by Gasteiger charge is -2.06. The van der Waals surface area contributed by atoms with Crippen LogP contribution >= 0.6 is 39.7 Å². The molecule has 0 saturated carbocycles. The lowest BCUT2D eigenvalue weighted by Crippen LogP contribution is -2.20. The second kappa shape index (κ2) is 5.44. The second-order valence-corrected chi connectivity index (χ2v) is 4.66. The molecule has 0 heterocycles. The summed E-state index contributed by atoms with van der Waals surface area (Å²) in [5.74, 6) is -0.272. The Balaban J connectivity index is 2.72. The number of rotatable bonds is 3.